The molecule has 0 unspecified atom stereocenters. The van der Waals surface area contributed by atoms with Gasteiger partial charge in [-0.05, 0) is 23.8 Å². The third-order valence-corrected chi connectivity index (χ3v) is 3.99. The van der Waals surface area contributed by atoms with Crippen molar-refractivity contribution in [1.29, 1.82) is 0 Å². The van der Waals surface area contributed by atoms with Crippen LogP contribution in [-0.4, -0.2) is 25.9 Å². The van der Waals surface area contributed by atoms with Crippen LogP contribution in [0, 0.1) is 0 Å². The second-order valence-electron chi connectivity index (χ2n) is 5.41. The molecule has 0 aliphatic carbocycles. The van der Waals surface area contributed by atoms with E-state index in [4.69, 9.17) is 18.6 Å². The molecule has 3 rings (SSSR count). The lowest BCUT2D eigenvalue weighted by Crippen LogP contribution is -2.08. The molecule has 0 saturated heterocycles. The van der Waals surface area contributed by atoms with E-state index in [1.807, 2.05) is 42.5 Å². The quantitative estimate of drug-likeness (QED) is 0.666. The van der Waals surface area contributed by atoms with Crippen LogP contribution in [0.3, 0.4) is 0 Å². The smallest absolute Gasteiger partial charge is 0.419 e. The zero-order chi connectivity index (χ0) is 18.0. The number of nitrogens with zero attached hydrogens (tertiary/aromatic N) is 1. The maximum atomic E-state index is 11.7. The lowest BCUT2D eigenvalue weighted by Gasteiger charge is -2.12. The number of oxazole rings is 1. The van der Waals surface area contributed by atoms with Gasteiger partial charge >= 0.3 is 5.76 Å². The van der Waals surface area contributed by atoms with Crippen molar-refractivity contribution < 1.29 is 18.6 Å². The van der Waals surface area contributed by atoms with Crippen LogP contribution in [0.25, 0.3) is 23.3 Å². The van der Waals surface area contributed by atoms with Gasteiger partial charge in [0.2, 0.25) is 5.75 Å². The molecular formula is C19H19NO5. The van der Waals surface area contributed by atoms with Gasteiger partial charge in [-0.3, -0.25) is 4.57 Å². The number of aryl methyl sites for hydroxylation is 1. The number of hydrogen-bond donors (Lipinski definition) is 0. The molecule has 6 nitrogen and oxygen atoms in total. The van der Waals surface area contributed by atoms with Gasteiger partial charge in [0.1, 0.15) is 0 Å². The monoisotopic (exact) mass is 341 g/mol. The molecule has 0 fully saturated rings. The lowest BCUT2D eigenvalue weighted by atomic mass is 10.1. The zero-order valence-electron chi connectivity index (χ0n) is 14.5. The molecule has 0 N–H and O–H groups in total. The highest BCUT2D eigenvalue weighted by atomic mass is 16.5. The van der Waals surface area contributed by atoms with Gasteiger partial charge in [-0.15, -0.1) is 0 Å². The highest BCUT2D eigenvalue weighted by molar-refractivity contribution is 5.87. The summed E-state index contributed by atoms with van der Waals surface area (Å²) in [6.07, 6.45) is 3.78. The molecule has 3 aromatic rings. The fraction of sp³-hybridized carbons (Fsp3) is 0.211. The molecule has 0 radical (unpaired) electrons. The van der Waals surface area contributed by atoms with Gasteiger partial charge in [0.05, 0.1) is 26.8 Å². The molecular weight excluding hydrogens is 322 g/mol. The predicted octanol–water partition coefficient (Wildman–Crippen LogP) is 3.33. The first-order valence-corrected chi connectivity index (χ1v) is 7.65. The SMILES string of the molecule is COc1cc(/C=C/c2cccc3c2oc(=O)n3C)cc(OC)c1OC. The molecule has 6 heteroatoms. The largest absolute Gasteiger partial charge is 0.493 e. The molecule has 0 spiro atoms. The van der Waals surface area contributed by atoms with E-state index < -0.39 is 0 Å². The first kappa shape index (κ1) is 16.7. The van der Waals surface area contributed by atoms with Crippen molar-refractivity contribution >= 4 is 23.3 Å². The van der Waals surface area contributed by atoms with E-state index >= 15 is 0 Å². The van der Waals surface area contributed by atoms with Gasteiger partial charge in [-0.25, -0.2) is 4.79 Å². The minimum atomic E-state index is -0.386. The van der Waals surface area contributed by atoms with Crippen LogP contribution in [0.1, 0.15) is 11.1 Å². The van der Waals surface area contributed by atoms with Crippen LogP contribution in [0.5, 0.6) is 17.2 Å². The summed E-state index contributed by atoms with van der Waals surface area (Å²) in [6, 6.07) is 9.31. The van der Waals surface area contributed by atoms with Crippen molar-refractivity contribution in [2.24, 2.45) is 7.05 Å². The second kappa shape index (κ2) is 6.76. The van der Waals surface area contributed by atoms with E-state index in [1.54, 1.807) is 28.4 Å². The first-order valence-electron chi connectivity index (χ1n) is 7.65. The normalized spacial score (nSPS) is 11.2. The summed E-state index contributed by atoms with van der Waals surface area (Å²) in [4.78, 5) is 11.7. The Hall–Kier alpha value is -3.15. The van der Waals surface area contributed by atoms with Crippen LogP contribution >= 0.6 is 0 Å². The van der Waals surface area contributed by atoms with Crippen molar-refractivity contribution in [2.45, 2.75) is 0 Å². The van der Waals surface area contributed by atoms with E-state index in [2.05, 4.69) is 0 Å². The first-order chi connectivity index (χ1) is 12.1. The molecule has 25 heavy (non-hydrogen) atoms. The fourth-order valence-corrected chi connectivity index (χ4v) is 2.69. The molecule has 0 atom stereocenters. The fourth-order valence-electron chi connectivity index (χ4n) is 2.69. The van der Waals surface area contributed by atoms with Gasteiger partial charge < -0.3 is 18.6 Å². The van der Waals surface area contributed by atoms with E-state index in [-0.39, 0.29) is 5.76 Å². The Bertz CT molecular complexity index is 972. The van der Waals surface area contributed by atoms with Crippen LogP contribution in [-0.2, 0) is 7.05 Å². The summed E-state index contributed by atoms with van der Waals surface area (Å²) >= 11 is 0. The summed E-state index contributed by atoms with van der Waals surface area (Å²) in [6.45, 7) is 0. The molecule has 2 aromatic carbocycles. The Balaban J connectivity index is 2.06. The minimum Gasteiger partial charge on any atom is -0.493 e. The molecule has 130 valence electrons. The average Bonchev–Trinajstić information content (AvgIpc) is 2.93. The predicted molar refractivity (Wildman–Crippen MR) is 96.5 cm³/mol. The Morgan fingerprint density at radius 3 is 2.28 bits per heavy atom. The summed E-state index contributed by atoms with van der Waals surface area (Å²) in [7, 11) is 6.39. The molecule has 0 saturated carbocycles. The average molecular weight is 341 g/mol. The lowest BCUT2D eigenvalue weighted by molar-refractivity contribution is 0.324. The number of rotatable bonds is 5. The van der Waals surface area contributed by atoms with Crippen LogP contribution in [0.15, 0.2) is 39.5 Å². The number of methoxy groups -OCH3 is 3. The van der Waals surface area contributed by atoms with E-state index in [9.17, 15) is 4.79 Å². The highest BCUT2D eigenvalue weighted by Gasteiger charge is 2.12. The molecule has 0 aliphatic rings. The van der Waals surface area contributed by atoms with Crippen molar-refractivity contribution in [3.8, 4) is 17.2 Å². The number of benzene rings is 2. The van der Waals surface area contributed by atoms with Crippen molar-refractivity contribution in [1.82, 2.24) is 4.57 Å². The van der Waals surface area contributed by atoms with E-state index in [0.717, 1.165) is 16.6 Å². The maximum absolute atomic E-state index is 11.7. The second-order valence-corrected chi connectivity index (χ2v) is 5.41. The number of fused-ring (bicyclic) bond motifs is 1. The van der Waals surface area contributed by atoms with Crippen LogP contribution < -0.4 is 20.0 Å². The zero-order valence-corrected chi connectivity index (χ0v) is 14.5. The van der Waals surface area contributed by atoms with Crippen molar-refractivity contribution in [3.63, 3.8) is 0 Å². The van der Waals surface area contributed by atoms with Crippen molar-refractivity contribution in [2.75, 3.05) is 21.3 Å². The Kier molecular flexibility index (Phi) is 4.52. The third kappa shape index (κ3) is 2.98. The molecule has 1 aromatic heterocycles. The Labute approximate surface area is 144 Å². The molecule has 0 aliphatic heterocycles. The minimum absolute atomic E-state index is 0.386. The van der Waals surface area contributed by atoms with Crippen molar-refractivity contribution in [3.05, 3.63) is 52.0 Å². The summed E-state index contributed by atoms with van der Waals surface area (Å²) in [5.41, 5.74) is 2.98. The Morgan fingerprint density at radius 2 is 1.68 bits per heavy atom. The van der Waals surface area contributed by atoms with Gasteiger partial charge in [0.25, 0.3) is 0 Å². The summed E-state index contributed by atoms with van der Waals surface area (Å²) < 4.78 is 22.8. The van der Waals surface area contributed by atoms with Crippen LogP contribution in [0.2, 0.25) is 0 Å². The molecule has 1 heterocycles. The summed E-state index contributed by atoms with van der Waals surface area (Å²) in [5.74, 6) is 1.30. The van der Waals surface area contributed by atoms with E-state index in [0.29, 0.717) is 22.8 Å². The number of ether oxygens (including phenoxy) is 3. The van der Waals surface area contributed by atoms with Crippen LogP contribution in [0.4, 0.5) is 0 Å². The van der Waals surface area contributed by atoms with Gasteiger partial charge in [-0.2, -0.15) is 0 Å². The molecule has 0 bridgehead atoms. The van der Waals surface area contributed by atoms with Gasteiger partial charge in [0, 0.05) is 12.6 Å². The van der Waals surface area contributed by atoms with Gasteiger partial charge in [0.15, 0.2) is 17.1 Å². The highest BCUT2D eigenvalue weighted by Crippen LogP contribution is 2.38. The summed E-state index contributed by atoms with van der Waals surface area (Å²) in [5, 5.41) is 0. The third-order valence-electron chi connectivity index (χ3n) is 3.99. The Morgan fingerprint density at radius 1 is 1.00 bits per heavy atom. The topological polar surface area (TPSA) is 62.8 Å². The standard InChI is InChI=1S/C19H19NO5/c1-20-14-7-5-6-13(17(14)25-19(20)21)9-8-12-10-15(22-2)18(24-4)16(11-12)23-3/h5-11H,1-4H3/b9-8+. The van der Waals surface area contributed by atoms with E-state index in [1.165, 1.54) is 4.57 Å². The molecule has 0 amide bonds. The number of para-hydroxylation sites is 1. The van der Waals surface area contributed by atoms with Gasteiger partial charge in [-0.1, -0.05) is 24.3 Å². The number of hydrogen-bond acceptors (Lipinski definition) is 5. The maximum Gasteiger partial charge on any atom is 0.419 e. The number of aromatic nitrogens is 1.